The van der Waals surface area contributed by atoms with Gasteiger partial charge in [-0.05, 0) is 98.2 Å². The number of rotatable bonds is 5. The molecule has 0 saturated heterocycles. The first-order chi connectivity index (χ1) is 15.1. The molecule has 5 nitrogen and oxygen atoms in total. The number of ether oxygens (including phenoxy) is 2. The lowest BCUT2D eigenvalue weighted by Gasteiger charge is -2.62. The summed E-state index contributed by atoms with van der Waals surface area (Å²) >= 11 is 0. The van der Waals surface area contributed by atoms with Crippen LogP contribution in [0.5, 0.6) is 0 Å². The van der Waals surface area contributed by atoms with Crippen molar-refractivity contribution in [1.82, 2.24) is 0 Å². The minimum Gasteiger partial charge on any atom is -0.469 e. The maximum Gasteiger partial charge on any atom is 0.305 e. The summed E-state index contributed by atoms with van der Waals surface area (Å²) < 4.78 is 10.9. The maximum atomic E-state index is 12.1. The second-order valence-corrected chi connectivity index (χ2v) is 12.1. The number of carbonyl (C=O) groups excluding carboxylic acids is 2. The normalized spacial score (nSPS) is 46.4. The zero-order valence-corrected chi connectivity index (χ0v) is 20.8. The Bertz CT molecular complexity index is 721. The molecule has 0 radical (unpaired) electrons. The molecular formula is C27H44O5. The van der Waals surface area contributed by atoms with E-state index < -0.39 is 0 Å². The Hall–Kier alpha value is -1.10. The van der Waals surface area contributed by atoms with E-state index in [0.717, 1.165) is 32.1 Å². The van der Waals surface area contributed by atoms with Gasteiger partial charge in [0.25, 0.3) is 0 Å². The second-order valence-electron chi connectivity index (χ2n) is 12.1. The summed E-state index contributed by atoms with van der Waals surface area (Å²) in [5, 5.41) is 10.4. The summed E-state index contributed by atoms with van der Waals surface area (Å²) in [6.07, 6.45) is 9.75. The summed E-state index contributed by atoms with van der Waals surface area (Å²) in [5.74, 6) is 2.83. The highest BCUT2D eigenvalue weighted by Gasteiger charge is 2.63. The lowest BCUT2D eigenvalue weighted by Crippen LogP contribution is -2.59. The molecule has 182 valence electrons. The van der Waals surface area contributed by atoms with Crippen LogP contribution in [0.1, 0.15) is 91.9 Å². The first-order valence-corrected chi connectivity index (χ1v) is 13.0. The minimum atomic E-state index is -0.206. The highest BCUT2D eigenvalue weighted by atomic mass is 16.5. The van der Waals surface area contributed by atoms with Gasteiger partial charge in [0, 0.05) is 19.3 Å². The molecule has 4 aliphatic carbocycles. The summed E-state index contributed by atoms with van der Waals surface area (Å²) in [5.41, 5.74) is 0.489. The molecule has 4 rings (SSSR count). The van der Waals surface area contributed by atoms with Crippen molar-refractivity contribution in [3.8, 4) is 0 Å². The van der Waals surface area contributed by atoms with E-state index in [1.807, 2.05) is 0 Å². The van der Waals surface area contributed by atoms with Crippen molar-refractivity contribution in [3.63, 3.8) is 0 Å². The molecule has 0 heterocycles. The van der Waals surface area contributed by atoms with Crippen LogP contribution in [0.15, 0.2) is 0 Å². The number of hydrogen-bond acceptors (Lipinski definition) is 5. The van der Waals surface area contributed by atoms with E-state index in [9.17, 15) is 14.7 Å². The lowest BCUT2D eigenvalue weighted by atomic mass is 9.43. The Balaban J connectivity index is 1.59. The fraction of sp³-hybridized carbons (Fsp3) is 0.926. The Labute approximate surface area is 194 Å². The largest absolute Gasteiger partial charge is 0.469 e. The van der Waals surface area contributed by atoms with Gasteiger partial charge >= 0.3 is 11.9 Å². The number of esters is 2. The number of hydrogen-bond donors (Lipinski definition) is 1. The molecule has 10 atom stereocenters. The third-order valence-electron chi connectivity index (χ3n) is 10.7. The average Bonchev–Trinajstić information content (AvgIpc) is 3.09. The van der Waals surface area contributed by atoms with Crippen molar-refractivity contribution in [3.05, 3.63) is 0 Å². The summed E-state index contributed by atoms with van der Waals surface area (Å²) in [4.78, 5) is 23.8. The van der Waals surface area contributed by atoms with Gasteiger partial charge in [0.1, 0.15) is 6.10 Å². The van der Waals surface area contributed by atoms with Crippen molar-refractivity contribution in [2.75, 3.05) is 7.11 Å². The van der Waals surface area contributed by atoms with Crippen molar-refractivity contribution < 1.29 is 24.2 Å². The molecule has 4 fully saturated rings. The van der Waals surface area contributed by atoms with E-state index in [0.29, 0.717) is 41.9 Å². The second kappa shape index (κ2) is 8.92. The molecule has 32 heavy (non-hydrogen) atoms. The standard InChI is InChI=1S/C27H44O5/c1-16(6-9-24(30)31-5)20-7-8-21-25-22(11-13-27(20,21)4)26(3)12-10-19(29)14-18(26)15-23(25)32-17(2)28/h16,18-23,25,29H,6-15H2,1-5H3/t16-,18?,19+,20-,21+,22+,23+,25+,26+,27-/m1/s1. The molecule has 0 aromatic rings. The van der Waals surface area contributed by atoms with Crippen molar-refractivity contribution in [2.45, 2.75) is 104 Å². The zero-order chi connectivity index (χ0) is 23.3. The summed E-state index contributed by atoms with van der Waals surface area (Å²) in [6.45, 7) is 8.83. The van der Waals surface area contributed by atoms with Crippen LogP contribution >= 0.6 is 0 Å². The molecule has 0 aliphatic heterocycles. The first kappa shape index (κ1) is 24.0. The van der Waals surface area contributed by atoms with Gasteiger partial charge in [0.15, 0.2) is 0 Å². The van der Waals surface area contributed by atoms with E-state index in [4.69, 9.17) is 9.47 Å². The molecule has 5 heteroatoms. The molecule has 0 bridgehead atoms. The third kappa shape index (κ3) is 4.01. The molecule has 0 amide bonds. The molecule has 0 aromatic heterocycles. The average molecular weight is 449 g/mol. The van der Waals surface area contributed by atoms with Gasteiger partial charge in [0.2, 0.25) is 0 Å². The minimum absolute atomic E-state index is 0.0189. The van der Waals surface area contributed by atoms with Crippen LogP contribution in [0.25, 0.3) is 0 Å². The Morgan fingerprint density at radius 1 is 1.03 bits per heavy atom. The van der Waals surface area contributed by atoms with Crippen molar-refractivity contribution in [1.29, 1.82) is 0 Å². The SMILES string of the molecule is COC(=O)CC[C@@H](C)[C@H]1CC[C@H]2[C@@H]3[C@@H](OC(C)=O)CC4C[C@@H](O)CC[C@]4(C)[C@H]3CC[C@]12C. The Morgan fingerprint density at radius 3 is 2.41 bits per heavy atom. The Morgan fingerprint density at radius 2 is 1.72 bits per heavy atom. The lowest BCUT2D eigenvalue weighted by molar-refractivity contribution is -0.194. The van der Waals surface area contributed by atoms with Crippen LogP contribution in [0.3, 0.4) is 0 Å². The van der Waals surface area contributed by atoms with Crippen molar-refractivity contribution >= 4 is 11.9 Å². The van der Waals surface area contributed by atoms with Gasteiger partial charge in [-0.25, -0.2) is 0 Å². The highest BCUT2D eigenvalue weighted by molar-refractivity contribution is 5.69. The molecule has 4 saturated carbocycles. The van der Waals surface area contributed by atoms with E-state index in [1.165, 1.54) is 32.8 Å². The molecule has 4 aliphatic rings. The van der Waals surface area contributed by atoms with Gasteiger partial charge < -0.3 is 14.6 Å². The van der Waals surface area contributed by atoms with E-state index in [-0.39, 0.29) is 35.0 Å². The van der Waals surface area contributed by atoms with Crippen molar-refractivity contribution in [2.24, 2.45) is 46.3 Å². The van der Waals surface area contributed by atoms with Crippen LogP contribution in [-0.4, -0.2) is 36.4 Å². The zero-order valence-electron chi connectivity index (χ0n) is 20.8. The number of aliphatic hydroxyl groups excluding tert-OH is 1. The van der Waals surface area contributed by atoms with Crippen LogP contribution in [-0.2, 0) is 19.1 Å². The number of aliphatic hydroxyl groups is 1. The van der Waals surface area contributed by atoms with Gasteiger partial charge in [-0.15, -0.1) is 0 Å². The molecule has 0 aromatic carbocycles. The van der Waals surface area contributed by atoms with E-state index in [1.54, 1.807) is 6.92 Å². The molecule has 0 spiro atoms. The molecule has 1 N–H and O–H groups in total. The van der Waals surface area contributed by atoms with E-state index >= 15 is 0 Å². The fourth-order valence-electron chi connectivity index (χ4n) is 9.13. The van der Waals surface area contributed by atoms with Crippen LogP contribution in [0.4, 0.5) is 0 Å². The summed E-state index contributed by atoms with van der Waals surface area (Å²) in [7, 11) is 1.47. The highest BCUT2D eigenvalue weighted by Crippen LogP contribution is 2.68. The van der Waals surface area contributed by atoms with Gasteiger partial charge in [-0.1, -0.05) is 20.8 Å². The smallest absolute Gasteiger partial charge is 0.305 e. The molecule has 1 unspecified atom stereocenters. The van der Waals surface area contributed by atoms with Crippen LogP contribution in [0.2, 0.25) is 0 Å². The topological polar surface area (TPSA) is 72.8 Å². The number of carbonyl (C=O) groups is 2. The van der Waals surface area contributed by atoms with Gasteiger partial charge in [-0.2, -0.15) is 0 Å². The predicted molar refractivity (Wildman–Crippen MR) is 123 cm³/mol. The fourth-order valence-corrected chi connectivity index (χ4v) is 9.13. The van der Waals surface area contributed by atoms with Gasteiger partial charge in [0.05, 0.1) is 13.2 Å². The Kier molecular flexibility index (Phi) is 6.70. The number of methoxy groups -OCH3 is 1. The van der Waals surface area contributed by atoms with Crippen LogP contribution in [0, 0.1) is 46.3 Å². The number of fused-ring (bicyclic) bond motifs is 5. The van der Waals surface area contributed by atoms with E-state index in [2.05, 4.69) is 20.8 Å². The maximum absolute atomic E-state index is 12.1. The van der Waals surface area contributed by atoms with Crippen LogP contribution < -0.4 is 0 Å². The first-order valence-electron chi connectivity index (χ1n) is 13.0. The molecular weight excluding hydrogens is 404 g/mol. The monoisotopic (exact) mass is 448 g/mol. The van der Waals surface area contributed by atoms with Gasteiger partial charge in [-0.3, -0.25) is 9.59 Å². The third-order valence-corrected chi connectivity index (χ3v) is 10.7. The quantitative estimate of drug-likeness (QED) is 0.590. The summed E-state index contributed by atoms with van der Waals surface area (Å²) in [6, 6.07) is 0. The predicted octanol–water partition coefficient (Wildman–Crippen LogP) is 5.14.